The molecular formula is C12H17F3N2S. The maximum Gasteiger partial charge on any atom is 0.389 e. The van der Waals surface area contributed by atoms with Crippen molar-refractivity contribution in [2.24, 2.45) is 5.84 Å². The molecule has 3 N–H and O–H groups in total. The number of alkyl halides is 3. The standard InChI is InChI=1S/C12H17F3N2S/c13-12(14,15)6-2-4-9(17-16)11-7-8-3-1-5-10(8)18-11/h7,9,17H,1-6,16H2. The van der Waals surface area contributed by atoms with Crippen LogP contribution < -0.4 is 11.3 Å². The van der Waals surface area contributed by atoms with Gasteiger partial charge < -0.3 is 0 Å². The number of rotatable bonds is 5. The minimum Gasteiger partial charge on any atom is -0.271 e. The molecule has 0 saturated carbocycles. The zero-order chi connectivity index (χ0) is 13.2. The van der Waals surface area contributed by atoms with Crippen LogP contribution in [-0.2, 0) is 12.8 Å². The van der Waals surface area contributed by atoms with Gasteiger partial charge in [0, 0.05) is 16.2 Å². The summed E-state index contributed by atoms with van der Waals surface area (Å²) >= 11 is 1.69. The van der Waals surface area contributed by atoms with Crippen LogP contribution in [0, 0.1) is 0 Å². The minimum atomic E-state index is -4.07. The van der Waals surface area contributed by atoms with Crippen LogP contribution in [0.25, 0.3) is 0 Å². The lowest BCUT2D eigenvalue weighted by molar-refractivity contribution is -0.135. The summed E-state index contributed by atoms with van der Waals surface area (Å²) in [6.45, 7) is 0. The third-order valence-corrected chi connectivity index (χ3v) is 4.61. The monoisotopic (exact) mass is 278 g/mol. The summed E-state index contributed by atoms with van der Waals surface area (Å²) in [7, 11) is 0. The zero-order valence-corrected chi connectivity index (χ0v) is 10.8. The van der Waals surface area contributed by atoms with E-state index in [-0.39, 0.29) is 12.5 Å². The van der Waals surface area contributed by atoms with Crippen molar-refractivity contribution in [3.05, 3.63) is 21.4 Å². The first-order valence-corrected chi connectivity index (χ1v) is 6.95. The fourth-order valence-electron chi connectivity index (χ4n) is 2.34. The number of nitrogens with two attached hydrogens (primary N) is 1. The Balaban J connectivity index is 1.91. The highest BCUT2D eigenvalue weighted by atomic mass is 32.1. The first kappa shape index (κ1) is 13.8. The maximum absolute atomic E-state index is 12.1. The molecule has 0 saturated heterocycles. The molecule has 0 bridgehead atoms. The topological polar surface area (TPSA) is 38.0 Å². The van der Waals surface area contributed by atoms with E-state index in [0.717, 1.165) is 17.7 Å². The fraction of sp³-hybridized carbons (Fsp3) is 0.667. The molecule has 1 aliphatic carbocycles. The molecular weight excluding hydrogens is 261 g/mol. The number of aryl methyl sites for hydroxylation is 2. The SMILES string of the molecule is NNC(CCCC(F)(F)F)c1cc2c(s1)CCC2. The number of hydrazine groups is 1. The smallest absolute Gasteiger partial charge is 0.271 e. The summed E-state index contributed by atoms with van der Waals surface area (Å²) in [4.78, 5) is 2.45. The lowest BCUT2D eigenvalue weighted by Gasteiger charge is -2.14. The van der Waals surface area contributed by atoms with Crippen molar-refractivity contribution in [1.29, 1.82) is 0 Å². The molecule has 0 fully saturated rings. The van der Waals surface area contributed by atoms with Crippen molar-refractivity contribution in [3.8, 4) is 0 Å². The van der Waals surface area contributed by atoms with E-state index in [1.54, 1.807) is 11.3 Å². The first-order chi connectivity index (χ1) is 8.49. The Hall–Kier alpha value is -0.590. The van der Waals surface area contributed by atoms with Gasteiger partial charge in [-0.2, -0.15) is 13.2 Å². The molecule has 102 valence electrons. The summed E-state index contributed by atoms with van der Waals surface area (Å²) in [6.07, 6.45) is -0.898. The van der Waals surface area contributed by atoms with Gasteiger partial charge in [-0.1, -0.05) is 0 Å². The van der Waals surface area contributed by atoms with Crippen molar-refractivity contribution >= 4 is 11.3 Å². The van der Waals surface area contributed by atoms with Crippen molar-refractivity contribution in [2.75, 3.05) is 0 Å². The van der Waals surface area contributed by atoms with E-state index >= 15 is 0 Å². The van der Waals surface area contributed by atoms with Crippen LogP contribution in [-0.4, -0.2) is 6.18 Å². The van der Waals surface area contributed by atoms with Gasteiger partial charge in [0.2, 0.25) is 0 Å². The van der Waals surface area contributed by atoms with Gasteiger partial charge in [0.15, 0.2) is 0 Å². The summed E-state index contributed by atoms with van der Waals surface area (Å²) in [5.74, 6) is 5.45. The molecule has 18 heavy (non-hydrogen) atoms. The fourth-order valence-corrected chi connectivity index (χ4v) is 3.69. The first-order valence-electron chi connectivity index (χ1n) is 6.14. The number of fused-ring (bicyclic) bond motifs is 1. The number of nitrogens with one attached hydrogen (secondary N) is 1. The van der Waals surface area contributed by atoms with Crippen molar-refractivity contribution in [2.45, 2.75) is 50.7 Å². The van der Waals surface area contributed by atoms with E-state index in [0.29, 0.717) is 6.42 Å². The molecule has 1 aromatic rings. The van der Waals surface area contributed by atoms with Gasteiger partial charge >= 0.3 is 6.18 Å². The van der Waals surface area contributed by atoms with E-state index in [1.807, 2.05) is 0 Å². The summed E-state index contributed by atoms with van der Waals surface area (Å²) in [5, 5.41) is 0. The predicted octanol–water partition coefficient (Wildman–Crippen LogP) is 3.47. The normalized spacial score (nSPS) is 16.9. The number of hydrogen-bond acceptors (Lipinski definition) is 3. The largest absolute Gasteiger partial charge is 0.389 e. The predicted molar refractivity (Wildman–Crippen MR) is 66.3 cm³/mol. The molecule has 2 nitrogen and oxygen atoms in total. The lowest BCUT2D eigenvalue weighted by atomic mass is 10.1. The summed E-state index contributed by atoms with van der Waals surface area (Å²) in [5.41, 5.74) is 3.99. The molecule has 6 heteroatoms. The minimum absolute atomic E-state index is 0.112. The molecule has 0 aromatic carbocycles. The second kappa shape index (κ2) is 5.59. The summed E-state index contributed by atoms with van der Waals surface area (Å²) < 4.78 is 36.3. The number of halogens is 3. The van der Waals surface area contributed by atoms with Gasteiger partial charge in [-0.3, -0.25) is 11.3 Å². The molecule has 1 unspecified atom stereocenters. The van der Waals surface area contributed by atoms with E-state index in [9.17, 15) is 13.2 Å². The Morgan fingerprint density at radius 2 is 2.17 bits per heavy atom. The Kier molecular flexibility index (Phi) is 4.29. The van der Waals surface area contributed by atoms with Crippen molar-refractivity contribution in [1.82, 2.24) is 5.43 Å². The van der Waals surface area contributed by atoms with Crippen LogP contribution in [0.15, 0.2) is 6.07 Å². The molecule has 1 atom stereocenters. The molecule has 0 radical (unpaired) electrons. The second-order valence-electron chi connectivity index (χ2n) is 4.68. The Labute approximate surface area is 108 Å². The molecule has 2 rings (SSSR count). The van der Waals surface area contributed by atoms with Gasteiger partial charge in [0.25, 0.3) is 0 Å². The van der Waals surface area contributed by atoms with Gasteiger partial charge in [-0.15, -0.1) is 11.3 Å². The maximum atomic E-state index is 12.1. The van der Waals surface area contributed by atoms with Crippen LogP contribution in [0.1, 0.15) is 47.0 Å². The third kappa shape index (κ3) is 3.46. The van der Waals surface area contributed by atoms with Crippen molar-refractivity contribution in [3.63, 3.8) is 0 Å². The summed E-state index contributed by atoms with van der Waals surface area (Å²) in [6, 6.07) is 1.95. The molecule has 1 aromatic heterocycles. The molecule has 0 amide bonds. The van der Waals surface area contributed by atoms with Crippen LogP contribution in [0.2, 0.25) is 0 Å². The lowest BCUT2D eigenvalue weighted by Crippen LogP contribution is -2.27. The Morgan fingerprint density at radius 1 is 1.39 bits per heavy atom. The highest BCUT2D eigenvalue weighted by molar-refractivity contribution is 7.12. The van der Waals surface area contributed by atoms with E-state index in [1.165, 1.54) is 16.9 Å². The quantitative estimate of drug-likeness (QED) is 0.639. The average molecular weight is 278 g/mol. The van der Waals surface area contributed by atoms with Gasteiger partial charge in [0.05, 0.1) is 6.04 Å². The Bertz CT molecular complexity index is 379. The van der Waals surface area contributed by atoms with Crippen LogP contribution in [0.5, 0.6) is 0 Å². The third-order valence-electron chi connectivity index (χ3n) is 3.26. The van der Waals surface area contributed by atoms with E-state index in [4.69, 9.17) is 5.84 Å². The van der Waals surface area contributed by atoms with Gasteiger partial charge in [-0.05, 0) is 43.7 Å². The van der Waals surface area contributed by atoms with E-state index in [2.05, 4.69) is 11.5 Å². The molecule has 1 aliphatic rings. The molecule has 0 spiro atoms. The van der Waals surface area contributed by atoms with Gasteiger partial charge in [0.1, 0.15) is 0 Å². The second-order valence-corrected chi connectivity index (χ2v) is 5.85. The Morgan fingerprint density at radius 3 is 2.78 bits per heavy atom. The van der Waals surface area contributed by atoms with Crippen molar-refractivity contribution < 1.29 is 13.2 Å². The zero-order valence-electron chi connectivity index (χ0n) is 10.0. The van der Waals surface area contributed by atoms with Gasteiger partial charge in [-0.25, -0.2) is 0 Å². The number of hydrogen-bond donors (Lipinski definition) is 2. The van der Waals surface area contributed by atoms with Crippen LogP contribution >= 0.6 is 11.3 Å². The average Bonchev–Trinajstić information content (AvgIpc) is 2.82. The highest BCUT2D eigenvalue weighted by Gasteiger charge is 2.27. The molecule has 1 heterocycles. The molecule has 0 aliphatic heterocycles. The van der Waals surface area contributed by atoms with E-state index < -0.39 is 12.6 Å². The highest BCUT2D eigenvalue weighted by Crippen LogP contribution is 2.35. The number of thiophene rings is 1. The van der Waals surface area contributed by atoms with Crippen LogP contribution in [0.4, 0.5) is 13.2 Å². The van der Waals surface area contributed by atoms with Crippen LogP contribution in [0.3, 0.4) is 0 Å².